The lowest BCUT2D eigenvalue weighted by atomic mass is 9.73. The maximum atomic E-state index is 6.63. The number of hydrogen-bond donors (Lipinski definition) is 1. The maximum Gasteiger partial charge on any atom is 0.138 e. The van der Waals surface area contributed by atoms with Crippen molar-refractivity contribution in [1.29, 1.82) is 0 Å². The van der Waals surface area contributed by atoms with E-state index in [1.54, 1.807) is 6.33 Å². The first-order valence-electron chi connectivity index (χ1n) is 7.68. The minimum atomic E-state index is -0.0688. The van der Waals surface area contributed by atoms with Crippen LogP contribution in [0.2, 0.25) is 0 Å². The molecule has 1 aliphatic carbocycles. The number of nitrogens with two attached hydrogens (primary N) is 1. The van der Waals surface area contributed by atoms with E-state index in [1.807, 2.05) is 4.68 Å². The Labute approximate surface area is 116 Å². The molecule has 0 amide bonds. The summed E-state index contributed by atoms with van der Waals surface area (Å²) in [7, 11) is 0. The summed E-state index contributed by atoms with van der Waals surface area (Å²) in [6.07, 6.45) is 8.65. The van der Waals surface area contributed by atoms with Gasteiger partial charge < -0.3 is 5.73 Å². The summed E-state index contributed by atoms with van der Waals surface area (Å²) in [5.41, 5.74) is 6.57. The zero-order valence-corrected chi connectivity index (χ0v) is 12.6. The van der Waals surface area contributed by atoms with Crippen LogP contribution in [0.4, 0.5) is 0 Å². The van der Waals surface area contributed by atoms with Crippen LogP contribution in [0.1, 0.15) is 58.7 Å². The van der Waals surface area contributed by atoms with E-state index in [-0.39, 0.29) is 5.54 Å². The lowest BCUT2D eigenvalue weighted by Crippen LogP contribution is -2.46. The van der Waals surface area contributed by atoms with Gasteiger partial charge in [0.05, 0.1) is 0 Å². The lowest BCUT2D eigenvalue weighted by Gasteiger charge is -2.37. The number of nitrogens with zero attached hydrogens (tertiary/aromatic N) is 3. The van der Waals surface area contributed by atoms with Crippen LogP contribution in [-0.2, 0) is 13.0 Å². The summed E-state index contributed by atoms with van der Waals surface area (Å²) < 4.78 is 2.04. The third-order valence-corrected chi connectivity index (χ3v) is 4.30. The molecule has 0 bridgehead atoms. The van der Waals surface area contributed by atoms with Crippen molar-refractivity contribution in [2.75, 3.05) is 0 Å². The molecular weight excluding hydrogens is 236 g/mol. The van der Waals surface area contributed by atoms with Crippen LogP contribution in [0.5, 0.6) is 0 Å². The van der Waals surface area contributed by atoms with Crippen molar-refractivity contribution in [3.8, 4) is 0 Å². The van der Waals surface area contributed by atoms with Gasteiger partial charge in [0.2, 0.25) is 0 Å². The molecule has 2 unspecified atom stereocenters. The lowest BCUT2D eigenvalue weighted by molar-refractivity contribution is 0.213. The van der Waals surface area contributed by atoms with Gasteiger partial charge in [-0.05, 0) is 24.7 Å². The fraction of sp³-hybridized carbons (Fsp3) is 0.867. The summed E-state index contributed by atoms with van der Waals surface area (Å²) >= 11 is 0. The molecule has 0 saturated heterocycles. The fourth-order valence-electron chi connectivity index (χ4n) is 3.27. The molecule has 108 valence electrons. The Balaban J connectivity index is 2.05. The molecule has 1 saturated carbocycles. The van der Waals surface area contributed by atoms with Gasteiger partial charge in [0, 0.05) is 18.5 Å². The van der Waals surface area contributed by atoms with Gasteiger partial charge in [0.25, 0.3) is 0 Å². The van der Waals surface area contributed by atoms with Gasteiger partial charge in [0.15, 0.2) is 0 Å². The Morgan fingerprint density at radius 2 is 2.32 bits per heavy atom. The molecule has 2 N–H and O–H groups in total. The van der Waals surface area contributed by atoms with Gasteiger partial charge in [-0.2, -0.15) is 5.10 Å². The SMILES string of the molecule is CCC1CCCC(N)(Cc2ncnn2CC(C)C)C1. The summed E-state index contributed by atoms with van der Waals surface area (Å²) in [5.74, 6) is 2.44. The minimum Gasteiger partial charge on any atom is -0.325 e. The van der Waals surface area contributed by atoms with E-state index in [0.717, 1.165) is 37.5 Å². The Morgan fingerprint density at radius 3 is 3.00 bits per heavy atom. The highest BCUT2D eigenvalue weighted by molar-refractivity contribution is 5.00. The third-order valence-electron chi connectivity index (χ3n) is 4.30. The normalized spacial score (nSPS) is 27.9. The topological polar surface area (TPSA) is 56.7 Å². The van der Waals surface area contributed by atoms with Gasteiger partial charge in [-0.25, -0.2) is 9.67 Å². The largest absolute Gasteiger partial charge is 0.325 e. The van der Waals surface area contributed by atoms with Crippen LogP contribution in [-0.4, -0.2) is 20.3 Å². The predicted molar refractivity (Wildman–Crippen MR) is 77.7 cm³/mol. The van der Waals surface area contributed by atoms with E-state index >= 15 is 0 Å². The summed E-state index contributed by atoms with van der Waals surface area (Å²) in [4.78, 5) is 4.43. The third kappa shape index (κ3) is 3.78. The van der Waals surface area contributed by atoms with E-state index in [4.69, 9.17) is 5.73 Å². The molecule has 0 aromatic carbocycles. The fourth-order valence-corrected chi connectivity index (χ4v) is 3.27. The summed E-state index contributed by atoms with van der Waals surface area (Å²) in [6.45, 7) is 7.62. The van der Waals surface area contributed by atoms with Crippen LogP contribution in [0.25, 0.3) is 0 Å². The molecule has 19 heavy (non-hydrogen) atoms. The van der Waals surface area contributed by atoms with Crippen molar-refractivity contribution in [2.45, 2.75) is 71.4 Å². The summed E-state index contributed by atoms with van der Waals surface area (Å²) in [5, 5.41) is 4.34. The molecular formula is C15H28N4. The second kappa shape index (κ2) is 6.04. The summed E-state index contributed by atoms with van der Waals surface area (Å²) in [6, 6.07) is 0. The highest BCUT2D eigenvalue weighted by atomic mass is 15.3. The van der Waals surface area contributed by atoms with Crippen LogP contribution < -0.4 is 5.73 Å². The van der Waals surface area contributed by atoms with Gasteiger partial charge >= 0.3 is 0 Å². The second-order valence-corrected chi connectivity index (χ2v) is 6.66. The van der Waals surface area contributed by atoms with Gasteiger partial charge in [-0.15, -0.1) is 0 Å². The van der Waals surface area contributed by atoms with Gasteiger partial charge in [-0.3, -0.25) is 0 Å². The molecule has 1 aromatic rings. The number of aromatic nitrogens is 3. The monoisotopic (exact) mass is 264 g/mol. The zero-order chi connectivity index (χ0) is 13.9. The van der Waals surface area contributed by atoms with E-state index in [0.29, 0.717) is 5.92 Å². The molecule has 2 rings (SSSR count). The van der Waals surface area contributed by atoms with E-state index in [1.165, 1.54) is 19.3 Å². The molecule has 4 heteroatoms. The van der Waals surface area contributed by atoms with Gasteiger partial charge in [0.1, 0.15) is 12.2 Å². The highest BCUT2D eigenvalue weighted by Gasteiger charge is 2.33. The predicted octanol–water partition coefficient (Wildman–Crippen LogP) is 2.77. The van der Waals surface area contributed by atoms with Crippen molar-refractivity contribution in [1.82, 2.24) is 14.8 Å². The molecule has 0 aliphatic heterocycles. The zero-order valence-electron chi connectivity index (χ0n) is 12.6. The molecule has 4 nitrogen and oxygen atoms in total. The van der Waals surface area contributed by atoms with Gasteiger partial charge in [-0.1, -0.05) is 40.0 Å². The number of rotatable bonds is 5. The van der Waals surface area contributed by atoms with Crippen molar-refractivity contribution < 1.29 is 0 Å². The average molecular weight is 264 g/mol. The Bertz CT molecular complexity index is 399. The van der Waals surface area contributed by atoms with E-state index < -0.39 is 0 Å². The van der Waals surface area contributed by atoms with Crippen LogP contribution in [0, 0.1) is 11.8 Å². The van der Waals surface area contributed by atoms with Crippen molar-refractivity contribution in [3.05, 3.63) is 12.2 Å². The van der Waals surface area contributed by atoms with Crippen LogP contribution >= 0.6 is 0 Å². The minimum absolute atomic E-state index is 0.0688. The molecule has 1 heterocycles. The second-order valence-electron chi connectivity index (χ2n) is 6.66. The van der Waals surface area contributed by atoms with Crippen molar-refractivity contribution in [2.24, 2.45) is 17.6 Å². The molecule has 1 fully saturated rings. The quantitative estimate of drug-likeness (QED) is 0.889. The average Bonchev–Trinajstić information content (AvgIpc) is 2.75. The highest BCUT2D eigenvalue weighted by Crippen LogP contribution is 2.34. The van der Waals surface area contributed by atoms with Crippen LogP contribution in [0.3, 0.4) is 0 Å². The van der Waals surface area contributed by atoms with E-state index in [2.05, 4.69) is 30.9 Å². The van der Waals surface area contributed by atoms with Crippen LogP contribution in [0.15, 0.2) is 6.33 Å². The standard InChI is InChI=1S/C15H28N4/c1-4-13-6-5-7-15(16,8-13)9-14-17-11-18-19(14)10-12(2)3/h11-13H,4-10,16H2,1-3H3. The molecule has 0 radical (unpaired) electrons. The Kier molecular flexibility index (Phi) is 4.61. The smallest absolute Gasteiger partial charge is 0.138 e. The number of hydrogen-bond acceptors (Lipinski definition) is 3. The maximum absolute atomic E-state index is 6.63. The Morgan fingerprint density at radius 1 is 1.53 bits per heavy atom. The Hall–Kier alpha value is -0.900. The molecule has 1 aliphatic rings. The molecule has 2 atom stereocenters. The first-order chi connectivity index (χ1) is 9.02. The first-order valence-corrected chi connectivity index (χ1v) is 7.68. The molecule has 0 spiro atoms. The van der Waals surface area contributed by atoms with E-state index in [9.17, 15) is 0 Å². The first kappa shape index (κ1) is 14.5. The van der Waals surface area contributed by atoms with Crippen molar-refractivity contribution >= 4 is 0 Å². The molecule has 1 aromatic heterocycles. The van der Waals surface area contributed by atoms with Crippen molar-refractivity contribution in [3.63, 3.8) is 0 Å².